The maximum Gasteiger partial charge on any atom is 0.264 e. The molecular weight excluding hydrogens is 510 g/mol. The van der Waals surface area contributed by atoms with Crippen LogP contribution in [0.4, 0.5) is 5.69 Å². The fourth-order valence-corrected chi connectivity index (χ4v) is 5.74. The van der Waals surface area contributed by atoms with Gasteiger partial charge in [-0.25, -0.2) is 8.42 Å². The number of amides is 2. The Hall–Kier alpha value is -3.65. The molecule has 0 radical (unpaired) electrons. The van der Waals surface area contributed by atoms with E-state index in [1.165, 1.54) is 4.90 Å². The van der Waals surface area contributed by atoms with Gasteiger partial charge in [0.25, 0.3) is 10.0 Å². The Morgan fingerprint density at radius 2 is 1.51 bits per heavy atom. The monoisotopic (exact) mass is 549 g/mol. The summed E-state index contributed by atoms with van der Waals surface area (Å²) in [5.74, 6) is -0.706. The van der Waals surface area contributed by atoms with Gasteiger partial charge in [0.2, 0.25) is 11.8 Å². The first kappa shape index (κ1) is 29.9. The van der Waals surface area contributed by atoms with Crippen molar-refractivity contribution in [2.45, 2.75) is 71.0 Å². The lowest BCUT2D eigenvalue weighted by atomic mass is 10.1. The quantitative estimate of drug-likeness (QED) is 0.336. The summed E-state index contributed by atoms with van der Waals surface area (Å²) in [6.45, 7) is 9.34. The molecule has 3 aromatic rings. The second kappa shape index (κ2) is 13.4. The maximum absolute atomic E-state index is 14.0. The van der Waals surface area contributed by atoms with Crippen molar-refractivity contribution in [1.82, 2.24) is 10.2 Å². The molecule has 8 heteroatoms. The van der Waals surface area contributed by atoms with Crippen molar-refractivity contribution in [3.63, 3.8) is 0 Å². The van der Waals surface area contributed by atoms with E-state index >= 15 is 0 Å². The Morgan fingerprint density at radius 1 is 0.846 bits per heavy atom. The molecule has 3 rings (SSSR count). The molecule has 0 spiro atoms. The van der Waals surface area contributed by atoms with Gasteiger partial charge in [-0.05, 0) is 63.4 Å². The largest absolute Gasteiger partial charge is 0.352 e. The maximum atomic E-state index is 14.0. The molecular formula is C31H39N3O4S. The van der Waals surface area contributed by atoms with Gasteiger partial charge >= 0.3 is 0 Å². The van der Waals surface area contributed by atoms with Gasteiger partial charge in [-0.15, -0.1) is 0 Å². The molecule has 1 N–H and O–H groups in total. The molecule has 3 aromatic carbocycles. The lowest BCUT2D eigenvalue weighted by Crippen LogP contribution is -2.53. The molecule has 7 nitrogen and oxygen atoms in total. The molecule has 2 atom stereocenters. The highest BCUT2D eigenvalue weighted by Gasteiger charge is 2.33. The first-order valence-corrected chi connectivity index (χ1v) is 14.8. The van der Waals surface area contributed by atoms with Gasteiger partial charge in [-0.3, -0.25) is 13.9 Å². The average molecular weight is 550 g/mol. The number of hydrogen-bond donors (Lipinski definition) is 1. The smallest absolute Gasteiger partial charge is 0.264 e. The first-order valence-electron chi connectivity index (χ1n) is 13.4. The number of nitrogens with one attached hydrogen (secondary N) is 1. The van der Waals surface area contributed by atoms with Crippen molar-refractivity contribution in [1.29, 1.82) is 0 Å². The second-order valence-corrected chi connectivity index (χ2v) is 11.8. The van der Waals surface area contributed by atoms with Crippen LogP contribution in [0.2, 0.25) is 0 Å². The fraction of sp³-hybridized carbons (Fsp3) is 0.355. The Kier molecular flexibility index (Phi) is 10.3. The molecule has 0 heterocycles. The number of para-hydroxylation sites is 1. The normalized spacial score (nSPS) is 12.8. The summed E-state index contributed by atoms with van der Waals surface area (Å²) in [6, 6.07) is 22.1. The topological polar surface area (TPSA) is 86.8 Å². The van der Waals surface area contributed by atoms with Crippen molar-refractivity contribution in [2.24, 2.45) is 0 Å². The van der Waals surface area contributed by atoms with Crippen LogP contribution in [0.5, 0.6) is 0 Å². The van der Waals surface area contributed by atoms with Crippen LogP contribution < -0.4 is 9.62 Å². The summed E-state index contributed by atoms with van der Waals surface area (Å²) >= 11 is 0. The highest BCUT2D eigenvalue weighted by Crippen LogP contribution is 2.25. The number of carbonyl (C=O) groups is 2. The summed E-state index contributed by atoms with van der Waals surface area (Å²) in [5.41, 5.74) is 3.20. The first-order chi connectivity index (χ1) is 18.6. The number of aryl methyl sites for hydroxylation is 2. The van der Waals surface area contributed by atoms with Gasteiger partial charge in [0.05, 0.1) is 10.6 Å². The van der Waals surface area contributed by atoms with Crippen molar-refractivity contribution in [2.75, 3.05) is 10.8 Å². The SMILES string of the molecule is CC[C@@H](C)NC(=O)[C@H](CC)N(Cc1cccc(C)c1)C(=O)CN(c1ccccc1)S(=O)(=O)c1ccc(C)cc1. The molecule has 39 heavy (non-hydrogen) atoms. The third-order valence-corrected chi connectivity index (χ3v) is 8.54. The van der Waals surface area contributed by atoms with Gasteiger partial charge in [-0.2, -0.15) is 0 Å². The molecule has 0 unspecified atom stereocenters. The van der Waals surface area contributed by atoms with E-state index < -0.39 is 28.5 Å². The number of nitrogens with zero attached hydrogens (tertiary/aromatic N) is 2. The molecule has 0 aliphatic carbocycles. The molecule has 208 valence electrons. The number of hydrogen-bond acceptors (Lipinski definition) is 4. The molecule has 0 aromatic heterocycles. The van der Waals surface area contributed by atoms with Crippen LogP contribution in [0.3, 0.4) is 0 Å². The third kappa shape index (κ3) is 7.69. The van der Waals surface area contributed by atoms with E-state index in [2.05, 4.69) is 5.32 Å². The molecule has 0 aliphatic heterocycles. The molecule has 0 saturated carbocycles. The van der Waals surface area contributed by atoms with Gasteiger partial charge in [0.1, 0.15) is 12.6 Å². The standard InChI is InChI=1S/C31H39N3O4S/c1-6-25(5)32-31(36)29(7-2)33(21-26-13-11-12-24(4)20-26)30(35)22-34(27-14-9-8-10-15-27)39(37,38)28-18-16-23(3)17-19-28/h8-20,25,29H,6-7,21-22H2,1-5H3,(H,32,36)/t25-,29+/m1/s1. The van der Waals surface area contributed by atoms with Gasteiger partial charge in [0.15, 0.2) is 0 Å². The lowest BCUT2D eigenvalue weighted by Gasteiger charge is -2.33. The zero-order valence-electron chi connectivity index (χ0n) is 23.4. The van der Waals surface area contributed by atoms with Gasteiger partial charge in [-0.1, -0.05) is 79.6 Å². The fourth-order valence-electron chi connectivity index (χ4n) is 4.33. The average Bonchev–Trinajstić information content (AvgIpc) is 2.92. The lowest BCUT2D eigenvalue weighted by molar-refractivity contribution is -0.140. The summed E-state index contributed by atoms with van der Waals surface area (Å²) < 4.78 is 28.8. The van der Waals surface area contributed by atoms with Crippen LogP contribution in [0.15, 0.2) is 83.8 Å². The molecule has 0 bridgehead atoms. The Balaban J connectivity index is 2.03. The van der Waals surface area contributed by atoms with E-state index in [4.69, 9.17) is 0 Å². The minimum absolute atomic E-state index is 0.0507. The van der Waals surface area contributed by atoms with Crippen LogP contribution in [0, 0.1) is 13.8 Å². The van der Waals surface area contributed by atoms with Crippen LogP contribution in [-0.2, 0) is 26.2 Å². The summed E-state index contributed by atoms with van der Waals surface area (Å²) in [6.07, 6.45) is 1.14. The number of anilines is 1. The second-order valence-electron chi connectivity index (χ2n) is 9.91. The van der Waals surface area contributed by atoms with Crippen LogP contribution >= 0.6 is 0 Å². The Labute approximate surface area is 232 Å². The van der Waals surface area contributed by atoms with Crippen molar-refractivity contribution in [3.05, 3.63) is 95.6 Å². The van der Waals surface area contributed by atoms with Crippen molar-refractivity contribution < 1.29 is 18.0 Å². The van der Waals surface area contributed by atoms with E-state index in [1.54, 1.807) is 54.6 Å². The van der Waals surface area contributed by atoms with E-state index in [0.717, 1.165) is 27.4 Å². The van der Waals surface area contributed by atoms with Gasteiger partial charge < -0.3 is 10.2 Å². The highest BCUT2D eigenvalue weighted by atomic mass is 32.2. The minimum Gasteiger partial charge on any atom is -0.352 e. The van der Waals surface area contributed by atoms with Crippen molar-refractivity contribution >= 4 is 27.5 Å². The summed E-state index contributed by atoms with van der Waals surface area (Å²) in [4.78, 5) is 29.0. The number of rotatable bonds is 12. The van der Waals surface area contributed by atoms with E-state index in [-0.39, 0.29) is 23.4 Å². The molecule has 0 aliphatic rings. The van der Waals surface area contributed by atoms with E-state index in [9.17, 15) is 18.0 Å². The number of sulfonamides is 1. The zero-order chi connectivity index (χ0) is 28.6. The van der Waals surface area contributed by atoms with E-state index in [0.29, 0.717) is 12.1 Å². The van der Waals surface area contributed by atoms with E-state index in [1.807, 2.05) is 58.9 Å². The highest BCUT2D eigenvalue weighted by molar-refractivity contribution is 7.92. The molecule has 2 amide bonds. The number of benzene rings is 3. The third-order valence-electron chi connectivity index (χ3n) is 6.75. The minimum atomic E-state index is -4.07. The van der Waals surface area contributed by atoms with Crippen molar-refractivity contribution in [3.8, 4) is 0 Å². The molecule has 0 saturated heterocycles. The summed E-state index contributed by atoms with van der Waals surface area (Å²) in [5, 5.41) is 2.99. The molecule has 0 fully saturated rings. The zero-order valence-corrected chi connectivity index (χ0v) is 24.2. The predicted octanol–water partition coefficient (Wildman–Crippen LogP) is 5.22. The number of carbonyl (C=O) groups excluding carboxylic acids is 2. The van der Waals surface area contributed by atoms with Crippen LogP contribution in [-0.4, -0.2) is 43.8 Å². The Bertz CT molecular complexity index is 1360. The summed E-state index contributed by atoms with van der Waals surface area (Å²) in [7, 11) is -4.07. The predicted molar refractivity (Wildman–Crippen MR) is 156 cm³/mol. The van der Waals surface area contributed by atoms with Crippen LogP contribution in [0.1, 0.15) is 50.3 Å². The van der Waals surface area contributed by atoms with Crippen LogP contribution in [0.25, 0.3) is 0 Å². The van der Waals surface area contributed by atoms with Gasteiger partial charge in [0, 0.05) is 12.6 Å². The Morgan fingerprint density at radius 3 is 2.10 bits per heavy atom.